The highest BCUT2D eigenvalue weighted by Gasteiger charge is 2.12. The van der Waals surface area contributed by atoms with Crippen LogP contribution in [0.2, 0.25) is 0 Å². The zero-order valence-electron chi connectivity index (χ0n) is 11.2. The minimum absolute atomic E-state index is 0.0345. The van der Waals surface area contributed by atoms with Crippen molar-refractivity contribution in [2.45, 2.75) is 33.7 Å². The lowest BCUT2D eigenvalue weighted by Gasteiger charge is -2.12. The van der Waals surface area contributed by atoms with Crippen molar-refractivity contribution in [3.05, 3.63) is 41.1 Å². The van der Waals surface area contributed by atoms with Gasteiger partial charge in [0, 0.05) is 22.7 Å². The highest BCUT2D eigenvalue weighted by atomic mass is 16.1. The smallest absolute Gasteiger partial charge is 0.251 e. The lowest BCUT2D eigenvalue weighted by Crippen LogP contribution is -2.30. The van der Waals surface area contributed by atoms with Crippen molar-refractivity contribution in [2.75, 3.05) is 0 Å². The Morgan fingerprint density at radius 1 is 1.17 bits per heavy atom. The third-order valence-corrected chi connectivity index (χ3v) is 2.92. The van der Waals surface area contributed by atoms with Gasteiger partial charge in [-0.1, -0.05) is 12.1 Å². The van der Waals surface area contributed by atoms with Gasteiger partial charge in [0.05, 0.1) is 5.52 Å². The molecule has 0 bridgehead atoms. The third-order valence-electron chi connectivity index (χ3n) is 2.92. The van der Waals surface area contributed by atoms with E-state index in [1.54, 1.807) is 0 Å². The van der Waals surface area contributed by atoms with Gasteiger partial charge in [-0.3, -0.25) is 9.78 Å². The molecule has 0 saturated heterocycles. The average molecular weight is 242 g/mol. The monoisotopic (exact) mass is 242 g/mol. The molecular formula is C15H18N2O. The fourth-order valence-corrected chi connectivity index (χ4v) is 2.01. The maximum absolute atomic E-state index is 12.1. The summed E-state index contributed by atoms with van der Waals surface area (Å²) in [7, 11) is 0. The van der Waals surface area contributed by atoms with E-state index >= 15 is 0 Å². The van der Waals surface area contributed by atoms with E-state index in [1.165, 1.54) is 0 Å². The molecule has 0 aliphatic heterocycles. The Hall–Kier alpha value is -1.90. The zero-order chi connectivity index (χ0) is 13.3. The van der Waals surface area contributed by atoms with Crippen molar-refractivity contribution >= 4 is 16.8 Å². The van der Waals surface area contributed by atoms with Crippen LogP contribution < -0.4 is 5.32 Å². The Labute approximate surface area is 107 Å². The Bertz CT molecular complexity index is 603. The van der Waals surface area contributed by atoms with Gasteiger partial charge in [-0.05, 0) is 45.4 Å². The molecule has 1 N–H and O–H groups in total. The summed E-state index contributed by atoms with van der Waals surface area (Å²) in [5.74, 6) is -0.0345. The number of carbonyl (C=O) groups excluding carboxylic acids is 1. The predicted molar refractivity (Wildman–Crippen MR) is 73.8 cm³/mol. The first-order valence-electron chi connectivity index (χ1n) is 6.17. The van der Waals surface area contributed by atoms with E-state index in [4.69, 9.17) is 0 Å². The number of hydrogen-bond acceptors (Lipinski definition) is 2. The maximum atomic E-state index is 12.1. The second kappa shape index (κ2) is 4.77. The normalized spacial score (nSPS) is 10.9. The third kappa shape index (κ3) is 2.35. The van der Waals surface area contributed by atoms with Crippen LogP contribution in [0.3, 0.4) is 0 Å². The van der Waals surface area contributed by atoms with Crippen molar-refractivity contribution in [3.63, 3.8) is 0 Å². The summed E-state index contributed by atoms with van der Waals surface area (Å²) in [6, 6.07) is 7.97. The molecule has 1 aromatic heterocycles. The number of pyridine rings is 1. The molecule has 0 spiro atoms. The summed E-state index contributed by atoms with van der Waals surface area (Å²) in [5, 5.41) is 3.98. The molecule has 0 aliphatic rings. The van der Waals surface area contributed by atoms with Gasteiger partial charge in [0.1, 0.15) is 0 Å². The summed E-state index contributed by atoms with van der Waals surface area (Å²) in [6.07, 6.45) is 0. The summed E-state index contributed by atoms with van der Waals surface area (Å²) < 4.78 is 0. The van der Waals surface area contributed by atoms with Gasteiger partial charge in [0.2, 0.25) is 0 Å². The van der Waals surface area contributed by atoms with Crippen LogP contribution in [0.1, 0.15) is 35.5 Å². The van der Waals surface area contributed by atoms with E-state index in [1.807, 2.05) is 52.0 Å². The lowest BCUT2D eigenvalue weighted by molar-refractivity contribution is 0.0942. The van der Waals surface area contributed by atoms with Crippen molar-refractivity contribution in [1.82, 2.24) is 10.3 Å². The molecule has 0 atom stereocenters. The van der Waals surface area contributed by atoms with Crippen LogP contribution in [0, 0.1) is 13.8 Å². The zero-order valence-corrected chi connectivity index (χ0v) is 11.2. The van der Waals surface area contributed by atoms with Gasteiger partial charge in [-0.25, -0.2) is 0 Å². The number of rotatable bonds is 2. The van der Waals surface area contributed by atoms with E-state index in [0.29, 0.717) is 5.56 Å². The largest absolute Gasteiger partial charge is 0.350 e. The molecular weight excluding hydrogens is 224 g/mol. The Morgan fingerprint density at radius 3 is 2.50 bits per heavy atom. The Balaban J connectivity index is 2.53. The summed E-state index contributed by atoms with van der Waals surface area (Å²) in [6.45, 7) is 7.82. The minimum atomic E-state index is -0.0345. The Morgan fingerprint density at radius 2 is 1.83 bits per heavy atom. The van der Waals surface area contributed by atoms with E-state index in [0.717, 1.165) is 22.2 Å². The van der Waals surface area contributed by atoms with Crippen LogP contribution in [0.5, 0.6) is 0 Å². The standard InChI is InChI=1S/C15H18N2O/c1-9(2)16-15(18)13-8-7-12-6-5-10(3)17-14(12)11(13)4/h5-9H,1-4H3,(H,16,18). The molecule has 0 radical (unpaired) electrons. The van der Waals surface area contributed by atoms with Gasteiger partial charge in [0.15, 0.2) is 0 Å². The van der Waals surface area contributed by atoms with Crippen molar-refractivity contribution in [1.29, 1.82) is 0 Å². The quantitative estimate of drug-likeness (QED) is 0.879. The van der Waals surface area contributed by atoms with Crippen LogP contribution in [0.15, 0.2) is 24.3 Å². The molecule has 18 heavy (non-hydrogen) atoms. The fraction of sp³-hybridized carbons (Fsp3) is 0.333. The molecule has 0 aliphatic carbocycles. The van der Waals surface area contributed by atoms with Crippen LogP contribution in [0.25, 0.3) is 10.9 Å². The van der Waals surface area contributed by atoms with Gasteiger partial charge in [-0.2, -0.15) is 0 Å². The van der Waals surface area contributed by atoms with Crippen molar-refractivity contribution in [3.8, 4) is 0 Å². The van der Waals surface area contributed by atoms with E-state index in [2.05, 4.69) is 10.3 Å². The molecule has 94 valence electrons. The lowest BCUT2D eigenvalue weighted by atomic mass is 10.0. The van der Waals surface area contributed by atoms with Crippen LogP contribution in [0.4, 0.5) is 0 Å². The first kappa shape index (κ1) is 12.6. The number of benzene rings is 1. The molecule has 0 saturated carbocycles. The number of hydrogen-bond donors (Lipinski definition) is 1. The highest BCUT2D eigenvalue weighted by Crippen LogP contribution is 2.20. The first-order valence-corrected chi connectivity index (χ1v) is 6.17. The molecule has 3 heteroatoms. The maximum Gasteiger partial charge on any atom is 0.251 e. The predicted octanol–water partition coefficient (Wildman–Crippen LogP) is 2.99. The van der Waals surface area contributed by atoms with Gasteiger partial charge in [-0.15, -0.1) is 0 Å². The number of aromatic nitrogens is 1. The van der Waals surface area contributed by atoms with E-state index < -0.39 is 0 Å². The van der Waals surface area contributed by atoms with E-state index in [9.17, 15) is 4.79 Å². The highest BCUT2D eigenvalue weighted by molar-refractivity contribution is 6.00. The van der Waals surface area contributed by atoms with Crippen LogP contribution in [-0.2, 0) is 0 Å². The number of amides is 1. The molecule has 1 amide bonds. The molecule has 3 nitrogen and oxygen atoms in total. The second-order valence-corrected chi connectivity index (χ2v) is 4.89. The van der Waals surface area contributed by atoms with Crippen LogP contribution >= 0.6 is 0 Å². The molecule has 2 aromatic rings. The number of nitrogens with one attached hydrogen (secondary N) is 1. The number of fused-ring (bicyclic) bond motifs is 1. The van der Waals surface area contributed by atoms with Gasteiger partial charge >= 0.3 is 0 Å². The van der Waals surface area contributed by atoms with E-state index in [-0.39, 0.29) is 11.9 Å². The van der Waals surface area contributed by atoms with Crippen LogP contribution in [-0.4, -0.2) is 16.9 Å². The molecule has 1 heterocycles. The molecule has 2 rings (SSSR count). The first-order chi connectivity index (χ1) is 8.49. The number of nitrogens with zero attached hydrogens (tertiary/aromatic N) is 1. The number of aryl methyl sites for hydroxylation is 2. The van der Waals surface area contributed by atoms with Crippen molar-refractivity contribution < 1.29 is 4.79 Å². The molecule has 1 aromatic carbocycles. The summed E-state index contributed by atoms with van der Waals surface area (Å²) in [5.41, 5.74) is 3.52. The summed E-state index contributed by atoms with van der Waals surface area (Å²) >= 11 is 0. The SMILES string of the molecule is Cc1ccc2ccc(C(=O)NC(C)C)c(C)c2n1. The fourth-order valence-electron chi connectivity index (χ4n) is 2.01. The minimum Gasteiger partial charge on any atom is -0.350 e. The topological polar surface area (TPSA) is 42.0 Å². The molecule has 0 unspecified atom stereocenters. The second-order valence-electron chi connectivity index (χ2n) is 4.89. The molecule has 0 fully saturated rings. The number of carbonyl (C=O) groups is 1. The van der Waals surface area contributed by atoms with Crippen molar-refractivity contribution in [2.24, 2.45) is 0 Å². The summed E-state index contributed by atoms with van der Waals surface area (Å²) in [4.78, 5) is 16.6. The Kier molecular flexibility index (Phi) is 3.32. The average Bonchev–Trinajstić information content (AvgIpc) is 2.29. The van der Waals surface area contributed by atoms with Gasteiger partial charge in [0.25, 0.3) is 5.91 Å². The van der Waals surface area contributed by atoms with Gasteiger partial charge < -0.3 is 5.32 Å².